The highest BCUT2D eigenvalue weighted by atomic mass is 127. The molecule has 7 heteroatoms. The van der Waals surface area contributed by atoms with Gasteiger partial charge < -0.3 is 5.11 Å². The molecule has 0 radical (unpaired) electrons. The fraction of sp³-hybridized carbons (Fsp3) is 0.100. The molecular formula is C10H7FIN3O2. The fourth-order valence-electron chi connectivity index (χ4n) is 1.36. The van der Waals surface area contributed by atoms with Crippen molar-refractivity contribution in [2.24, 2.45) is 0 Å². The van der Waals surface area contributed by atoms with Gasteiger partial charge in [0.25, 0.3) is 5.82 Å². The highest BCUT2D eigenvalue weighted by Gasteiger charge is 2.15. The number of carboxylic acids is 1. The molecule has 2 rings (SSSR count). The van der Waals surface area contributed by atoms with Crippen molar-refractivity contribution in [1.82, 2.24) is 14.8 Å². The summed E-state index contributed by atoms with van der Waals surface area (Å²) >= 11 is 1.96. The van der Waals surface area contributed by atoms with Crippen LogP contribution < -0.4 is 0 Å². The van der Waals surface area contributed by atoms with E-state index >= 15 is 0 Å². The predicted octanol–water partition coefficient (Wildman–Crippen LogP) is 2.02. The Labute approximate surface area is 109 Å². The van der Waals surface area contributed by atoms with Crippen molar-refractivity contribution in [3.63, 3.8) is 0 Å². The van der Waals surface area contributed by atoms with Crippen molar-refractivity contribution < 1.29 is 14.3 Å². The van der Waals surface area contributed by atoms with Gasteiger partial charge in [0.15, 0.2) is 0 Å². The molecule has 0 amide bonds. The van der Waals surface area contributed by atoms with Crippen molar-refractivity contribution in [3.05, 3.63) is 39.2 Å². The quantitative estimate of drug-likeness (QED) is 0.844. The molecule has 0 unspecified atom stereocenters. The minimum Gasteiger partial charge on any atom is -0.475 e. The van der Waals surface area contributed by atoms with Gasteiger partial charge in [-0.3, -0.25) is 0 Å². The van der Waals surface area contributed by atoms with E-state index in [0.29, 0.717) is 15.1 Å². The molecule has 0 aliphatic rings. The van der Waals surface area contributed by atoms with Crippen LogP contribution >= 0.6 is 22.6 Å². The summed E-state index contributed by atoms with van der Waals surface area (Å²) < 4.78 is 15.0. The van der Waals surface area contributed by atoms with Crippen LogP contribution in [0, 0.1) is 16.3 Å². The lowest BCUT2D eigenvalue weighted by molar-refractivity contribution is 0.0683. The minimum absolute atomic E-state index is 0.275. The van der Waals surface area contributed by atoms with Crippen molar-refractivity contribution >= 4 is 28.6 Å². The molecule has 1 aromatic carbocycles. The number of benzene rings is 1. The standard InChI is InChI=1S/C10H7FIN3O2/c1-5-13-9(10(16)17)14-15(5)8-3-2-6(11)4-7(8)12/h2-4H,1H3,(H,16,17). The molecule has 0 fully saturated rings. The molecule has 0 aliphatic carbocycles. The SMILES string of the molecule is Cc1nc(C(=O)O)nn1-c1ccc(F)cc1I. The predicted molar refractivity (Wildman–Crippen MR) is 65.7 cm³/mol. The number of carboxylic acid groups (broad SMARTS) is 1. The van der Waals surface area contributed by atoms with Crippen molar-refractivity contribution in [2.75, 3.05) is 0 Å². The van der Waals surface area contributed by atoms with Gasteiger partial charge in [-0.15, -0.1) is 5.10 Å². The topological polar surface area (TPSA) is 68.0 Å². The molecule has 0 aliphatic heterocycles. The van der Waals surface area contributed by atoms with Crippen LogP contribution in [0.15, 0.2) is 18.2 Å². The van der Waals surface area contributed by atoms with E-state index in [1.54, 1.807) is 6.92 Å². The minimum atomic E-state index is -1.19. The number of rotatable bonds is 2. The second-order valence-electron chi connectivity index (χ2n) is 3.30. The van der Waals surface area contributed by atoms with Gasteiger partial charge in [0.05, 0.1) is 5.69 Å². The zero-order valence-electron chi connectivity index (χ0n) is 8.69. The average Bonchev–Trinajstić information content (AvgIpc) is 2.61. The van der Waals surface area contributed by atoms with Gasteiger partial charge in [0, 0.05) is 3.57 Å². The number of hydrogen-bond acceptors (Lipinski definition) is 3. The summed E-state index contributed by atoms with van der Waals surface area (Å²) in [5.74, 6) is -1.38. The molecular weight excluding hydrogens is 340 g/mol. The van der Waals surface area contributed by atoms with Gasteiger partial charge in [-0.25, -0.2) is 18.9 Å². The Morgan fingerprint density at radius 3 is 2.76 bits per heavy atom. The normalized spacial score (nSPS) is 10.5. The van der Waals surface area contributed by atoms with E-state index in [1.165, 1.54) is 22.9 Å². The maximum atomic E-state index is 13.0. The number of aromatic carboxylic acids is 1. The smallest absolute Gasteiger partial charge is 0.375 e. The zero-order valence-corrected chi connectivity index (χ0v) is 10.8. The Balaban J connectivity index is 2.56. The molecule has 1 heterocycles. The van der Waals surface area contributed by atoms with E-state index in [0.717, 1.165) is 0 Å². The highest BCUT2D eigenvalue weighted by molar-refractivity contribution is 14.1. The first-order valence-corrected chi connectivity index (χ1v) is 5.69. The van der Waals surface area contributed by atoms with Gasteiger partial charge >= 0.3 is 5.97 Å². The van der Waals surface area contributed by atoms with Gasteiger partial charge in [-0.05, 0) is 47.7 Å². The monoisotopic (exact) mass is 347 g/mol. The third kappa shape index (κ3) is 2.28. The molecule has 2 aromatic rings. The molecule has 1 aromatic heterocycles. The molecule has 17 heavy (non-hydrogen) atoms. The van der Waals surface area contributed by atoms with Crippen LogP contribution in [0.3, 0.4) is 0 Å². The molecule has 0 saturated carbocycles. The second kappa shape index (κ2) is 4.40. The Hall–Kier alpha value is -1.51. The molecule has 0 bridgehead atoms. The van der Waals surface area contributed by atoms with E-state index in [9.17, 15) is 9.18 Å². The molecule has 1 N–H and O–H groups in total. The highest BCUT2D eigenvalue weighted by Crippen LogP contribution is 2.18. The number of carbonyl (C=O) groups is 1. The lowest BCUT2D eigenvalue weighted by atomic mass is 10.3. The number of halogens is 2. The number of hydrogen-bond donors (Lipinski definition) is 1. The van der Waals surface area contributed by atoms with Crippen LogP contribution in [0.1, 0.15) is 16.4 Å². The molecule has 88 valence electrons. The largest absolute Gasteiger partial charge is 0.475 e. The van der Waals surface area contributed by atoms with Crippen LogP contribution in [0.4, 0.5) is 4.39 Å². The Kier molecular flexibility index (Phi) is 3.09. The van der Waals surface area contributed by atoms with Gasteiger partial charge in [-0.2, -0.15) is 0 Å². The number of aromatic nitrogens is 3. The third-order valence-electron chi connectivity index (χ3n) is 2.10. The van der Waals surface area contributed by atoms with Crippen LogP contribution in [0.5, 0.6) is 0 Å². The Morgan fingerprint density at radius 1 is 1.53 bits per heavy atom. The van der Waals surface area contributed by atoms with Gasteiger partial charge in [0.2, 0.25) is 0 Å². The fourth-order valence-corrected chi connectivity index (χ4v) is 2.07. The summed E-state index contributed by atoms with van der Waals surface area (Å²) in [4.78, 5) is 14.5. The van der Waals surface area contributed by atoms with Crippen LogP contribution in [0.2, 0.25) is 0 Å². The van der Waals surface area contributed by atoms with Gasteiger partial charge in [-0.1, -0.05) is 0 Å². The first-order chi connectivity index (χ1) is 7.99. The second-order valence-corrected chi connectivity index (χ2v) is 4.46. The number of nitrogens with zero attached hydrogens (tertiary/aromatic N) is 3. The van der Waals surface area contributed by atoms with E-state index in [1.807, 2.05) is 22.6 Å². The van der Waals surface area contributed by atoms with Crippen molar-refractivity contribution in [1.29, 1.82) is 0 Å². The van der Waals surface area contributed by atoms with E-state index in [2.05, 4.69) is 10.1 Å². The molecule has 0 saturated heterocycles. The summed E-state index contributed by atoms with van der Waals surface area (Å²) in [5.41, 5.74) is 0.601. The maximum Gasteiger partial charge on any atom is 0.375 e. The summed E-state index contributed by atoms with van der Waals surface area (Å²) in [5, 5.41) is 12.6. The lowest BCUT2D eigenvalue weighted by Crippen LogP contribution is -2.04. The summed E-state index contributed by atoms with van der Waals surface area (Å²) in [6.45, 7) is 1.64. The molecule has 5 nitrogen and oxygen atoms in total. The van der Waals surface area contributed by atoms with Crippen LogP contribution in [0.25, 0.3) is 5.69 Å². The summed E-state index contributed by atoms with van der Waals surface area (Å²) in [6.07, 6.45) is 0. The summed E-state index contributed by atoms with van der Waals surface area (Å²) in [7, 11) is 0. The maximum absolute atomic E-state index is 13.0. The van der Waals surface area contributed by atoms with E-state index in [4.69, 9.17) is 5.11 Å². The summed E-state index contributed by atoms with van der Waals surface area (Å²) in [6, 6.07) is 4.17. The zero-order chi connectivity index (χ0) is 12.6. The van der Waals surface area contributed by atoms with E-state index in [-0.39, 0.29) is 11.6 Å². The Morgan fingerprint density at radius 2 is 2.24 bits per heavy atom. The molecule has 0 atom stereocenters. The van der Waals surface area contributed by atoms with Crippen molar-refractivity contribution in [2.45, 2.75) is 6.92 Å². The number of aryl methyl sites for hydroxylation is 1. The average molecular weight is 347 g/mol. The first-order valence-electron chi connectivity index (χ1n) is 4.61. The molecule has 0 spiro atoms. The Bertz CT molecular complexity index is 597. The van der Waals surface area contributed by atoms with E-state index < -0.39 is 5.97 Å². The first kappa shape index (κ1) is 12.0. The van der Waals surface area contributed by atoms with Crippen molar-refractivity contribution in [3.8, 4) is 5.69 Å². The lowest BCUT2D eigenvalue weighted by Gasteiger charge is -2.05. The third-order valence-corrected chi connectivity index (χ3v) is 2.96. The van der Waals surface area contributed by atoms with Crippen LogP contribution in [-0.4, -0.2) is 25.8 Å². The van der Waals surface area contributed by atoms with Crippen LogP contribution in [-0.2, 0) is 0 Å². The van der Waals surface area contributed by atoms with Gasteiger partial charge in [0.1, 0.15) is 11.6 Å².